The van der Waals surface area contributed by atoms with Gasteiger partial charge in [0.15, 0.2) is 6.29 Å². The molecule has 0 aromatic heterocycles. The first kappa shape index (κ1) is 36.1. The number of aliphatic hydroxyl groups excluding tert-OH is 2. The van der Waals surface area contributed by atoms with E-state index in [1.54, 1.807) is 14.2 Å². The molecule has 2 aliphatic rings. The molecule has 0 unspecified atom stereocenters. The summed E-state index contributed by atoms with van der Waals surface area (Å²) in [6, 6.07) is 39.8. The van der Waals surface area contributed by atoms with Crippen LogP contribution in [0.2, 0.25) is 0 Å². The molecule has 1 amide bonds. The first-order valence-electron chi connectivity index (χ1n) is 17.5. The Balaban J connectivity index is 1.10. The Morgan fingerprint density at radius 1 is 0.660 bits per heavy atom. The Bertz CT molecular complexity index is 1890. The average molecular weight is 718 g/mol. The Hall–Kier alpha value is -5.23. The summed E-state index contributed by atoms with van der Waals surface area (Å²) in [5, 5.41) is 25.6. The van der Waals surface area contributed by atoms with Crippen LogP contribution < -0.4 is 14.8 Å². The highest BCUT2D eigenvalue weighted by Gasteiger charge is 2.48. The molecule has 1 aliphatic carbocycles. The largest absolute Gasteiger partial charge is 0.497 e. The molecule has 7 rings (SSSR count). The minimum atomic E-state index is -1.48. The molecule has 274 valence electrons. The molecule has 0 radical (unpaired) electrons. The highest BCUT2D eigenvalue weighted by atomic mass is 16.7. The molecule has 3 N–H and O–H groups in total. The van der Waals surface area contributed by atoms with E-state index in [-0.39, 0.29) is 19.1 Å². The SMILES string of the molecule is COc1ccc(C(OC[C@H]2O[C@H](OC)[C@H](NC(=O)OCC3c4ccccc4-c4ccccc43)[C@@H](O)[C@@H]2O)(c2ccccc2)c2ccc(OC)cc2)cc1. The quantitative estimate of drug-likeness (QED) is 0.133. The zero-order chi connectivity index (χ0) is 37.0. The van der Waals surface area contributed by atoms with Crippen LogP contribution in [-0.4, -0.2) is 81.5 Å². The number of alkyl carbamates (subject to hydrolysis) is 1. The second kappa shape index (κ2) is 15.8. The van der Waals surface area contributed by atoms with Gasteiger partial charge in [0, 0.05) is 13.0 Å². The van der Waals surface area contributed by atoms with Crippen LogP contribution in [0, 0.1) is 0 Å². The third-order valence-electron chi connectivity index (χ3n) is 10.2. The van der Waals surface area contributed by atoms with Crippen molar-refractivity contribution in [2.24, 2.45) is 0 Å². The zero-order valence-corrected chi connectivity index (χ0v) is 29.8. The van der Waals surface area contributed by atoms with E-state index in [0.717, 1.165) is 38.9 Å². The predicted molar refractivity (Wildman–Crippen MR) is 198 cm³/mol. The summed E-state index contributed by atoms with van der Waals surface area (Å²) in [5.74, 6) is 1.21. The Labute approximate surface area is 308 Å². The molecule has 0 spiro atoms. The normalized spacial score (nSPS) is 21.0. The van der Waals surface area contributed by atoms with Crippen LogP contribution in [0.5, 0.6) is 11.5 Å². The van der Waals surface area contributed by atoms with Gasteiger partial charge in [0.25, 0.3) is 0 Å². The van der Waals surface area contributed by atoms with Crippen molar-refractivity contribution in [3.05, 3.63) is 155 Å². The Kier molecular flexibility index (Phi) is 10.8. The minimum Gasteiger partial charge on any atom is -0.497 e. The summed E-state index contributed by atoms with van der Waals surface area (Å²) in [4.78, 5) is 13.2. The molecule has 1 fully saturated rings. The lowest BCUT2D eigenvalue weighted by Gasteiger charge is -2.43. The van der Waals surface area contributed by atoms with Crippen LogP contribution in [0.3, 0.4) is 0 Å². The summed E-state index contributed by atoms with van der Waals surface area (Å²) in [5.41, 5.74) is 5.58. The van der Waals surface area contributed by atoms with Gasteiger partial charge >= 0.3 is 6.09 Å². The smallest absolute Gasteiger partial charge is 0.407 e. The number of aliphatic hydroxyl groups is 2. The van der Waals surface area contributed by atoms with Crippen LogP contribution in [0.4, 0.5) is 4.79 Å². The van der Waals surface area contributed by atoms with Gasteiger partial charge in [-0.3, -0.25) is 0 Å². The van der Waals surface area contributed by atoms with E-state index < -0.39 is 42.3 Å². The maximum absolute atomic E-state index is 13.2. The molecule has 5 atom stereocenters. The van der Waals surface area contributed by atoms with Gasteiger partial charge in [-0.2, -0.15) is 0 Å². The number of rotatable bonds is 12. The van der Waals surface area contributed by atoms with Gasteiger partial charge in [0.1, 0.15) is 48.1 Å². The van der Waals surface area contributed by atoms with E-state index in [9.17, 15) is 15.0 Å². The van der Waals surface area contributed by atoms with Crippen molar-refractivity contribution in [3.63, 3.8) is 0 Å². The number of methoxy groups -OCH3 is 3. The average Bonchev–Trinajstić information content (AvgIpc) is 3.54. The number of hydrogen-bond donors (Lipinski definition) is 3. The van der Waals surface area contributed by atoms with E-state index in [0.29, 0.717) is 11.5 Å². The van der Waals surface area contributed by atoms with Crippen LogP contribution in [0.15, 0.2) is 127 Å². The van der Waals surface area contributed by atoms with Gasteiger partial charge in [-0.25, -0.2) is 4.79 Å². The first-order chi connectivity index (χ1) is 25.9. The van der Waals surface area contributed by atoms with Crippen molar-refractivity contribution in [2.75, 3.05) is 34.5 Å². The highest BCUT2D eigenvalue weighted by Crippen LogP contribution is 2.45. The molecule has 10 heteroatoms. The minimum absolute atomic E-state index is 0.0818. The fraction of sp³-hybridized carbons (Fsp3) is 0.279. The monoisotopic (exact) mass is 717 g/mol. The molecule has 5 aromatic rings. The molecule has 5 aromatic carbocycles. The lowest BCUT2D eigenvalue weighted by atomic mass is 9.80. The van der Waals surface area contributed by atoms with Gasteiger partial charge in [-0.05, 0) is 63.2 Å². The number of amides is 1. The van der Waals surface area contributed by atoms with Crippen molar-refractivity contribution in [2.45, 2.75) is 42.2 Å². The van der Waals surface area contributed by atoms with Gasteiger partial charge in [0.05, 0.1) is 20.8 Å². The second-order valence-corrected chi connectivity index (χ2v) is 13.1. The van der Waals surface area contributed by atoms with Gasteiger partial charge in [0.2, 0.25) is 0 Å². The van der Waals surface area contributed by atoms with Gasteiger partial charge in [-0.15, -0.1) is 0 Å². The fourth-order valence-corrected chi connectivity index (χ4v) is 7.48. The van der Waals surface area contributed by atoms with E-state index in [2.05, 4.69) is 17.4 Å². The van der Waals surface area contributed by atoms with Crippen LogP contribution in [-0.2, 0) is 24.5 Å². The summed E-state index contributed by atoms with van der Waals surface area (Å²) in [6.45, 7) is -0.0821. The maximum atomic E-state index is 13.2. The van der Waals surface area contributed by atoms with Crippen molar-refractivity contribution < 1.29 is 43.4 Å². The molecule has 1 heterocycles. The first-order valence-corrected chi connectivity index (χ1v) is 17.5. The zero-order valence-electron chi connectivity index (χ0n) is 29.8. The van der Waals surface area contributed by atoms with Crippen LogP contribution in [0.25, 0.3) is 11.1 Å². The van der Waals surface area contributed by atoms with E-state index in [1.165, 1.54) is 7.11 Å². The summed E-state index contributed by atoms with van der Waals surface area (Å²) in [7, 11) is 4.62. The van der Waals surface area contributed by atoms with Gasteiger partial charge < -0.3 is 44.0 Å². The maximum Gasteiger partial charge on any atom is 0.407 e. The molecular formula is C43H43NO9. The second-order valence-electron chi connectivity index (χ2n) is 13.1. The van der Waals surface area contributed by atoms with Gasteiger partial charge in [-0.1, -0.05) is 103 Å². The van der Waals surface area contributed by atoms with Crippen LogP contribution >= 0.6 is 0 Å². The van der Waals surface area contributed by atoms with Crippen molar-refractivity contribution in [1.29, 1.82) is 0 Å². The molecule has 1 saturated heterocycles. The van der Waals surface area contributed by atoms with Crippen molar-refractivity contribution in [3.8, 4) is 22.6 Å². The molecule has 53 heavy (non-hydrogen) atoms. The Morgan fingerprint density at radius 3 is 1.70 bits per heavy atom. The number of ether oxygens (including phenoxy) is 6. The van der Waals surface area contributed by atoms with Crippen molar-refractivity contribution >= 4 is 6.09 Å². The lowest BCUT2D eigenvalue weighted by molar-refractivity contribution is -0.268. The number of carbonyl (C=O) groups is 1. The Morgan fingerprint density at radius 2 is 1.17 bits per heavy atom. The standard InChI is InChI=1S/C43H43NO9/c1-48-30-21-17-28(18-22-30)43(27-11-5-4-6-12-27,29-19-23-31(49-2)24-20-29)52-26-37-39(45)40(46)38(41(50-3)53-37)44-42(47)51-25-36-34-15-9-7-13-32(34)33-14-8-10-16-35(33)36/h4-24,36-41,45-46H,25-26H2,1-3H3,(H,44,47)/t37-,38-,39-,40-,41+/m1/s1. The summed E-state index contributed by atoms with van der Waals surface area (Å²) in [6.07, 6.45) is -5.88. The fourth-order valence-electron chi connectivity index (χ4n) is 7.48. The number of fused-ring (bicyclic) bond motifs is 3. The lowest BCUT2D eigenvalue weighted by Crippen LogP contribution is -2.65. The molecule has 0 saturated carbocycles. The van der Waals surface area contributed by atoms with E-state index in [1.807, 2.05) is 115 Å². The molecule has 1 aliphatic heterocycles. The number of benzene rings is 5. The molecular weight excluding hydrogens is 674 g/mol. The van der Waals surface area contributed by atoms with E-state index in [4.69, 9.17) is 28.4 Å². The van der Waals surface area contributed by atoms with E-state index >= 15 is 0 Å². The summed E-state index contributed by atoms with van der Waals surface area (Å²) >= 11 is 0. The molecule has 0 bridgehead atoms. The predicted octanol–water partition coefficient (Wildman–Crippen LogP) is 6.01. The third kappa shape index (κ3) is 6.99. The third-order valence-corrected chi connectivity index (χ3v) is 10.2. The number of hydrogen-bond acceptors (Lipinski definition) is 9. The molecule has 10 nitrogen and oxygen atoms in total. The number of carbonyl (C=O) groups excluding carboxylic acids is 1. The summed E-state index contributed by atoms with van der Waals surface area (Å²) < 4.78 is 35.3. The van der Waals surface area contributed by atoms with Crippen molar-refractivity contribution in [1.82, 2.24) is 5.32 Å². The number of nitrogens with one attached hydrogen (secondary N) is 1. The van der Waals surface area contributed by atoms with Crippen LogP contribution in [0.1, 0.15) is 33.7 Å². The topological polar surface area (TPSA) is 125 Å². The highest BCUT2D eigenvalue weighted by molar-refractivity contribution is 5.79.